The Labute approximate surface area is 144 Å². The van der Waals surface area contributed by atoms with Gasteiger partial charge >= 0.3 is 0 Å². The molecule has 0 aliphatic carbocycles. The van der Waals surface area contributed by atoms with E-state index in [0.717, 1.165) is 11.1 Å². The predicted octanol–water partition coefficient (Wildman–Crippen LogP) is 1.52. The highest BCUT2D eigenvalue weighted by atomic mass is 16.5. The number of pyridine rings is 2. The molecule has 0 unspecified atom stereocenters. The lowest BCUT2D eigenvalue weighted by molar-refractivity contribution is 0.0951. The van der Waals surface area contributed by atoms with E-state index in [4.69, 9.17) is 4.74 Å². The van der Waals surface area contributed by atoms with Crippen LogP contribution in [0.5, 0.6) is 5.88 Å². The minimum atomic E-state index is -0.307. The first-order valence-electron chi connectivity index (χ1n) is 7.85. The number of ether oxygens (including phenoxy) is 1. The van der Waals surface area contributed by atoms with E-state index in [9.17, 15) is 9.59 Å². The quantitative estimate of drug-likeness (QED) is 0.781. The lowest BCUT2D eigenvalue weighted by Crippen LogP contribution is -2.25. The van der Waals surface area contributed by atoms with Crippen molar-refractivity contribution in [1.29, 1.82) is 0 Å². The Morgan fingerprint density at radius 3 is 2.72 bits per heavy atom. The highest BCUT2D eigenvalue weighted by Crippen LogP contribution is 2.20. The van der Waals surface area contributed by atoms with Gasteiger partial charge in [-0.15, -0.1) is 0 Å². The summed E-state index contributed by atoms with van der Waals surface area (Å²) in [6.45, 7) is 2.17. The van der Waals surface area contributed by atoms with Crippen molar-refractivity contribution in [3.63, 3.8) is 0 Å². The van der Waals surface area contributed by atoms with Crippen LogP contribution in [0, 0.1) is 6.92 Å². The highest BCUT2D eigenvalue weighted by molar-refractivity contribution is 6.07. The van der Waals surface area contributed by atoms with E-state index in [1.165, 1.54) is 4.57 Å². The van der Waals surface area contributed by atoms with Crippen LogP contribution in [0.1, 0.15) is 21.6 Å². The SMILES string of the molecule is COc1cccc(CNC(=O)c2cn(C)c3c(C)cn(C)c(=O)c23)n1. The van der Waals surface area contributed by atoms with Crippen molar-refractivity contribution in [1.82, 2.24) is 19.4 Å². The van der Waals surface area contributed by atoms with Crippen molar-refractivity contribution < 1.29 is 9.53 Å². The molecule has 3 aromatic heterocycles. The number of nitrogens with zero attached hydrogens (tertiary/aromatic N) is 3. The van der Waals surface area contributed by atoms with Crippen molar-refractivity contribution in [2.45, 2.75) is 13.5 Å². The monoisotopic (exact) mass is 340 g/mol. The number of aryl methyl sites for hydroxylation is 3. The lowest BCUT2D eigenvalue weighted by Gasteiger charge is -2.06. The molecule has 130 valence electrons. The number of hydrogen-bond donors (Lipinski definition) is 1. The molecule has 0 radical (unpaired) electrons. The Hall–Kier alpha value is -3.09. The van der Waals surface area contributed by atoms with Gasteiger partial charge in [0.25, 0.3) is 11.5 Å². The molecule has 0 saturated heterocycles. The first-order valence-corrected chi connectivity index (χ1v) is 7.85. The van der Waals surface area contributed by atoms with Crippen LogP contribution in [0.3, 0.4) is 0 Å². The van der Waals surface area contributed by atoms with Crippen molar-refractivity contribution >= 4 is 16.8 Å². The van der Waals surface area contributed by atoms with E-state index in [-0.39, 0.29) is 18.0 Å². The summed E-state index contributed by atoms with van der Waals surface area (Å²) in [5.74, 6) is 0.180. The zero-order valence-corrected chi connectivity index (χ0v) is 14.7. The predicted molar refractivity (Wildman–Crippen MR) is 94.9 cm³/mol. The van der Waals surface area contributed by atoms with Crippen LogP contribution >= 0.6 is 0 Å². The second kappa shape index (κ2) is 6.43. The van der Waals surface area contributed by atoms with Crippen molar-refractivity contribution in [3.8, 4) is 5.88 Å². The molecule has 0 bridgehead atoms. The Morgan fingerprint density at radius 1 is 1.24 bits per heavy atom. The minimum absolute atomic E-state index is 0.189. The fraction of sp³-hybridized carbons (Fsp3) is 0.278. The first kappa shape index (κ1) is 16.8. The summed E-state index contributed by atoms with van der Waals surface area (Å²) in [6.07, 6.45) is 3.46. The summed E-state index contributed by atoms with van der Waals surface area (Å²) in [4.78, 5) is 29.4. The smallest absolute Gasteiger partial charge is 0.260 e. The molecule has 0 saturated carbocycles. The van der Waals surface area contributed by atoms with E-state index < -0.39 is 0 Å². The molecule has 1 amide bonds. The normalized spacial score (nSPS) is 10.9. The van der Waals surface area contributed by atoms with Crippen LogP contribution in [-0.2, 0) is 20.6 Å². The molecule has 7 nitrogen and oxygen atoms in total. The number of fused-ring (bicyclic) bond motifs is 1. The van der Waals surface area contributed by atoms with Gasteiger partial charge in [0.2, 0.25) is 5.88 Å². The number of hydrogen-bond acceptors (Lipinski definition) is 4. The van der Waals surface area contributed by atoms with Crippen LogP contribution in [0.2, 0.25) is 0 Å². The summed E-state index contributed by atoms with van der Waals surface area (Å²) in [5, 5.41) is 3.25. The second-order valence-corrected chi connectivity index (χ2v) is 5.96. The molecule has 0 aromatic carbocycles. The average Bonchev–Trinajstić information content (AvgIpc) is 2.96. The van der Waals surface area contributed by atoms with Crippen LogP contribution in [0.15, 0.2) is 35.4 Å². The third-order valence-electron chi connectivity index (χ3n) is 4.14. The third kappa shape index (κ3) is 3.00. The number of methoxy groups -OCH3 is 1. The standard InChI is InChI=1S/C18H20N4O3/c1-11-9-22(3)18(24)15-13(10-21(2)16(11)15)17(23)19-8-12-6-5-7-14(20-12)25-4/h5-7,9-10H,8H2,1-4H3,(H,19,23). The van der Waals surface area contributed by atoms with E-state index in [1.54, 1.807) is 38.7 Å². The van der Waals surface area contributed by atoms with Crippen LogP contribution in [-0.4, -0.2) is 27.1 Å². The van der Waals surface area contributed by atoms with Gasteiger partial charge in [-0.3, -0.25) is 9.59 Å². The number of carbonyl (C=O) groups is 1. The van der Waals surface area contributed by atoms with Gasteiger partial charge in [-0.1, -0.05) is 6.07 Å². The maximum absolute atomic E-state index is 12.6. The molecule has 3 aromatic rings. The Morgan fingerprint density at radius 2 is 2.00 bits per heavy atom. The van der Waals surface area contributed by atoms with Gasteiger partial charge in [0.15, 0.2) is 0 Å². The first-order chi connectivity index (χ1) is 11.9. The summed E-state index contributed by atoms with van der Waals surface area (Å²) >= 11 is 0. The molecular weight excluding hydrogens is 320 g/mol. The fourth-order valence-electron chi connectivity index (χ4n) is 3.01. The highest BCUT2D eigenvalue weighted by Gasteiger charge is 2.19. The van der Waals surface area contributed by atoms with Gasteiger partial charge in [0.1, 0.15) is 0 Å². The van der Waals surface area contributed by atoms with Crippen LogP contribution in [0.25, 0.3) is 10.9 Å². The van der Waals surface area contributed by atoms with Crippen LogP contribution < -0.4 is 15.6 Å². The van der Waals surface area contributed by atoms with Gasteiger partial charge in [0.05, 0.1) is 35.8 Å². The summed E-state index contributed by atoms with van der Waals surface area (Å²) in [5.41, 5.74) is 2.56. The molecule has 3 rings (SSSR count). The van der Waals surface area contributed by atoms with Gasteiger partial charge in [-0.25, -0.2) is 4.98 Å². The maximum atomic E-state index is 12.6. The summed E-state index contributed by atoms with van der Waals surface area (Å²) in [7, 11) is 5.05. The summed E-state index contributed by atoms with van der Waals surface area (Å²) in [6, 6.07) is 5.35. The molecule has 25 heavy (non-hydrogen) atoms. The molecular formula is C18H20N4O3. The van der Waals surface area contributed by atoms with Crippen molar-refractivity contribution in [2.75, 3.05) is 7.11 Å². The molecule has 3 heterocycles. The number of nitrogens with one attached hydrogen (secondary N) is 1. The second-order valence-electron chi connectivity index (χ2n) is 5.96. The number of carbonyl (C=O) groups excluding carboxylic acids is 1. The molecule has 1 N–H and O–H groups in total. The molecule has 0 aliphatic heterocycles. The topological polar surface area (TPSA) is 78.1 Å². The Kier molecular flexibility index (Phi) is 4.31. The maximum Gasteiger partial charge on any atom is 0.260 e. The largest absolute Gasteiger partial charge is 0.481 e. The van der Waals surface area contributed by atoms with Crippen LogP contribution in [0.4, 0.5) is 0 Å². The van der Waals surface area contributed by atoms with Gasteiger partial charge in [-0.05, 0) is 18.6 Å². The van der Waals surface area contributed by atoms with E-state index in [1.807, 2.05) is 24.6 Å². The van der Waals surface area contributed by atoms with Gasteiger partial charge < -0.3 is 19.2 Å². The zero-order valence-electron chi connectivity index (χ0n) is 14.7. The minimum Gasteiger partial charge on any atom is -0.481 e. The molecule has 0 spiro atoms. The zero-order chi connectivity index (χ0) is 18.1. The van der Waals surface area contributed by atoms with Gasteiger partial charge in [0, 0.05) is 32.6 Å². The summed E-state index contributed by atoms with van der Waals surface area (Å²) < 4.78 is 8.39. The third-order valence-corrected chi connectivity index (χ3v) is 4.14. The lowest BCUT2D eigenvalue weighted by atomic mass is 10.1. The van der Waals surface area contributed by atoms with Crippen molar-refractivity contribution in [3.05, 3.63) is 57.8 Å². The fourth-order valence-corrected chi connectivity index (χ4v) is 3.01. The molecule has 0 aliphatic rings. The van der Waals surface area contributed by atoms with E-state index in [2.05, 4.69) is 10.3 Å². The molecule has 0 atom stereocenters. The molecule has 0 fully saturated rings. The van der Waals surface area contributed by atoms with Gasteiger partial charge in [-0.2, -0.15) is 0 Å². The van der Waals surface area contributed by atoms with Crippen molar-refractivity contribution in [2.24, 2.45) is 14.1 Å². The Bertz CT molecular complexity index is 1020. The number of rotatable bonds is 4. The Balaban J connectivity index is 1.94. The number of amides is 1. The number of aromatic nitrogens is 3. The van der Waals surface area contributed by atoms with E-state index >= 15 is 0 Å². The van der Waals surface area contributed by atoms with E-state index in [0.29, 0.717) is 22.5 Å². The average molecular weight is 340 g/mol. The molecule has 7 heteroatoms.